The molecule has 0 spiro atoms. The Morgan fingerprint density at radius 3 is 2.70 bits per heavy atom. The van der Waals surface area contributed by atoms with Crippen molar-refractivity contribution >= 4 is 34.7 Å². The van der Waals surface area contributed by atoms with Crippen molar-refractivity contribution in [2.45, 2.75) is 11.8 Å². The second kappa shape index (κ2) is 3.57. The Morgan fingerprint density at radius 2 is 2.20 bits per heavy atom. The van der Waals surface area contributed by atoms with Crippen LogP contribution in [0.15, 0.2) is 23.1 Å². The van der Waals surface area contributed by atoms with Crippen LogP contribution in [0.5, 0.6) is 0 Å². The Balaban J connectivity index is 3.14. The van der Waals surface area contributed by atoms with E-state index < -0.39 is 0 Å². The van der Waals surface area contributed by atoms with Gasteiger partial charge in [0.1, 0.15) is 0 Å². The van der Waals surface area contributed by atoms with Gasteiger partial charge in [-0.1, -0.05) is 6.07 Å². The highest BCUT2D eigenvalue weighted by Gasteiger charge is 2.00. The Kier molecular flexibility index (Phi) is 2.97. The van der Waals surface area contributed by atoms with E-state index in [2.05, 4.69) is 22.6 Å². The molecule has 1 aromatic rings. The van der Waals surface area contributed by atoms with Crippen molar-refractivity contribution < 1.29 is 3.89 Å². The summed E-state index contributed by atoms with van der Waals surface area (Å²) in [6, 6.07) is 5.61. The van der Waals surface area contributed by atoms with Gasteiger partial charge in [0.05, 0.1) is 12.1 Å². The van der Waals surface area contributed by atoms with Crippen molar-refractivity contribution in [3.8, 4) is 0 Å². The Morgan fingerprint density at radius 1 is 1.50 bits per heavy atom. The van der Waals surface area contributed by atoms with Gasteiger partial charge in [-0.3, -0.25) is 0 Å². The van der Waals surface area contributed by atoms with E-state index in [0.717, 1.165) is 9.13 Å². The molecule has 0 fully saturated rings. The van der Waals surface area contributed by atoms with Crippen LogP contribution >= 0.6 is 34.7 Å². The first-order valence-corrected chi connectivity index (χ1v) is 4.59. The van der Waals surface area contributed by atoms with Crippen LogP contribution < -0.4 is 0 Å². The first kappa shape index (κ1) is 8.33. The third-order valence-electron chi connectivity index (χ3n) is 1.30. The van der Waals surface area contributed by atoms with E-state index in [1.165, 1.54) is 0 Å². The first-order valence-electron chi connectivity index (χ1n) is 2.79. The van der Waals surface area contributed by atoms with Gasteiger partial charge in [0, 0.05) is 8.47 Å². The van der Waals surface area contributed by atoms with Gasteiger partial charge in [-0.15, -0.1) is 0 Å². The van der Waals surface area contributed by atoms with Crippen molar-refractivity contribution in [2.24, 2.45) is 0 Å². The lowest BCUT2D eigenvalue weighted by Crippen LogP contribution is -1.80. The van der Waals surface area contributed by atoms with E-state index in [1.54, 1.807) is 6.07 Å². The van der Waals surface area contributed by atoms with E-state index in [1.807, 2.05) is 19.1 Å². The molecule has 0 aliphatic rings. The minimum atomic E-state index is 0.305. The minimum Gasteiger partial charge on any atom is -0.160 e. The summed E-state index contributed by atoms with van der Waals surface area (Å²) < 4.78 is 13.2. The zero-order valence-corrected chi connectivity index (χ0v) is 8.37. The van der Waals surface area contributed by atoms with Gasteiger partial charge in [-0.25, -0.2) is 0 Å². The molecule has 0 N–H and O–H groups in total. The molecule has 0 aliphatic heterocycles. The fourth-order valence-corrected chi connectivity index (χ4v) is 1.71. The van der Waals surface area contributed by atoms with Gasteiger partial charge in [0.15, 0.2) is 0 Å². The summed E-state index contributed by atoms with van der Waals surface area (Å²) >= 11 is 2.50. The predicted molar refractivity (Wildman–Crippen MR) is 50.9 cm³/mol. The average Bonchev–Trinajstić information content (AvgIpc) is 1.95. The smallest absolute Gasteiger partial charge is 0.0815 e. The molecule has 0 unspecified atom stereocenters. The fraction of sp³-hybridized carbons (Fsp3) is 0.143. The molecule has 0 radical (unpaired) electrons. The summed E-state index contributed by atoms with van der Waals surface area (Å²) in [6.07, 6.45) is 0. The largest absolute Gasteiger partial charge is 0.160 e. The molecule has 0 atom stereocenters. The highest BCUT2D eigenvalue weighted by atomic mass is 127. The normalized spacial score (nSPS) is 9.90. The minimum absolute atomic E-state index is 0.305. The Labute approximate surface area is 77.6 Å². The van der Waals surface area contributed by atoms with Crippen LogP contribution in [0, 0.1) is 10.5 Å². The summed E-state index contributed by atoms with van der Waals surface area (Å²) in [4.78, 5) is 0.715. The summed E-state index contributed by atoms with van der Waals surface area (Å²) in [5.41, 5.74) is 1.02. The summed E-state index contributed by atoms with van der Waals surface area (Å²) in [7, 11) is 0. The predicted octanol–water partition coefficient (Wildman–Crippen LogP) is 3.58. The fourth-order valence-electron chi connectivity index (χ4n) is 0.671. The SMILES string of the molecule is Cc1c(I)cccc1SF. The van der Waals surface area contributed by atoms with Gasteiger partial charge in [-0.2, -0.15) is 3.89 Å². The van der Waals surface area contributed by atoms with E-state index in [4.69, 9.17) is 0 Å². The molecule has 0 saturated carbocycles. The van der Waals surface area contributed by atoms with Crippen LogP contribution in [0.3, 0.4) is 0 Å². The number of benzene rings is 1. The topological polar surface area (TPSA) is 0 Å². The second-order valence-electron chi connectivity index (χ2n) is 1.94. The molecule has 0 nitrogen and oxygen atoms in total. The third-order valence-corrected chi connectivity index (χ3v) is 3.08. The van der Waals surface area contributed by atoms with Gasteiger partial charge in [-0.05, 0) is 47.2 Å². The molecule has 0 heterocycles. The summed E-state index contributed by atoms with van der Waals surface area (Å²) in [5.74, 6) is 0. The quantitative estimate of drug-likeness (QED) is 0.701. The second-order valence-corrected chi connectivity index (χ2v) is 3.70. The average molecular weight is 268 g/mol. The van der Waals surface area contributed by atoms with Gasteiger partial charge >= 0.3 is 0 Å². The van der Waals surface area contributed by atoms with E-state index >= 15 is 0 Å². The van der Waals surface area contributed by atoms with Crippen molar-refractivity contribution in [2.75, 3.05) is 0 Å². The molecule has 3 heteroatoms. The summed E-state index contributed by atoms with van der Waals surface area (Å²) in [5, 5.41) is 0. The molecular formula is C7H6FIS. The Hall–Kier alpha value is 0.230. The lowest BCUT2D eigenvalue weighted by atomic mass is 10.2. The zero-order chi connectivity index (χ0) is 7.56. The molecule has 0 bridgehead atoms. The molecule has 1 rings (SSSR count). The lowest BCUT2D eigenvalue weighted by Gasteiger charge is -1.99. The van der Waals surface area contributed by atoms with E-state index in [-0.39, 0.29) is 0 Å². The van der Waals surface area contributed by atoms with Crippen LogP contribution in [0.25, 0.3) is 0 Å². The van der Waals surface area contributed by atoms with E-state index in [0.29, 0.717) is 17.0 Å². The molecule has 10 heavy (non-hydrogen) atoms. The number of hydrogen-bond donors (Lipinski definition) is 0. The highest BCUT2D eigenvalue weighted by Crippen LogP contribution is 2.25. The van der Waals surface area contributed by atoms with Crippen LogP contribution in [0.1, 0.15) is 5.56 Å². The molecule has 1 aromatic carbocycles. The van der Waals surface area contributed by atoms with Gasteiger partial charge in [0.2, 0.25) is 0 Å². The lowest BCUT2D eigenvalue weighted by molar-refractivity contribution is 0.931. The van der Waals surface area contributed by atoms with Gasteiger partial charge in [0.25, 0.3) is 0 Å². The van der Waals surface area contributed by atoms with Crippen molar-refractivity contribution in [1.29, 1.82) is 0 Å². The standard InChI is InChI=1S/C7H6FIS/c1-5-6(9)3-2-4-7(5)10-8/h2-4H,1H3. The highest BCUT2D eigenvalue weighted by molar-refractivity contribution is 14.1. The summed E-state index contributed by atoms with van der Waals surface area (Å²) in [6.45, 7) is 1.92. The number of halogens is 2. The maximum absolute atomic E-state index is 12.1. The number of rotatable bonds is 1. The van der Waals surface area contributed by atoms with Crippen LogP contribution in [0.4, 0.5) is 3.89 Å². The molecule has 0 aromatic heterocycles. The van der Waals surface area contributed by atoms with Crippen molar-refractivity contribution in [3.05, 3.63) is 27.3 Å². The Bertz CT molecular complexity index is 237. The maximum Gasteiger partial charge on any atom is 0.0815 e. The number of hydrogen-bond acceptors (Lipinski definition) is 1. The monoisotopic (exact) mass is 268 g/mol. The van der Waals surface area contributed by atoms with Crippen molar-refractivity contribution in [3.63, 3.8) is 0 Å². The molecule has 0 saturated heterocycles. The maximum atomic E-state index is 12.1. The first-order chi connectivity index (χ1) is 4.75. The van der Waals surface area contributed by atoms with Crippen LogP contribution in [0.2, 0.25) is 0 Å². The van der Waals surface area contributed by atoms with Crippen molar-refractivity contribution in [1.82, 2.24) is 0 Å². The van der Waals surface area contributed by atoms with Gasteiger partial charge < -0.3 is 0 Å². The molecular weight excluding hydrogens is 262 g/mol. The molecule has 0 aliphatic carbocycles. The zero-order valence-electron chi connectivity index (χ0n) is 5.40. The van der Waals surface area contributed by atoms with Crippen LogP contribution in [-0.4, -0.2) is 0 Å². The van der Waals surface area contributed by atoms with E-state index in [9.17, 15) is 3.89 Å². The molecule has 0 amide bonds. The van der Waals surface area contributed by atoms with Crippen LogP contribution in [-0.2, 0) is 0 Å². The molecule has 54 valence electrons. The third kappa shape index (κ3) is 1.63.